The van der Waals surface area contributed by atoms with Gasteiger partial charge in [0.1, 0.15) is 0 Å². The number of rotatable bonds is 8. The van der Waals surface area contributed by atoms with Crippen molar-refractivity contribution < 1.29 is 4.79 Å². The van der Waals surface area contributed by atoms with E-state index in [1.807, 2.05) is 33.2 Å². The molecule has 4 heteroatoms. The number of carbonyl (C=O) groups excluding carboxylic acids is 1. The molecule has 0 heterocycles. The number of hydrogen-bond acceptors (Lipinski definition) is 3. The SMILES string of the molecule is CC(N)CCCC(=O)NCc1ccccc1CN(C)C. The molecule has 0 spiro atoms. The van der Waals surface area contributed by atoms with Crippen LogP contribution in [0.25, 0.3) is 0 Å². The van der Waals surface area contributed by atoms with E-state index in [0.717, 1.165) is 19.4 Å². The molecule has 20 heavy (non-hydrogen) atoms. The molecule has 0 aliphatic carbocycles. The van der Waals surface area contributed by atoms with E-state index in [1.54, 1.807) is 0 Å². The van der Waals surface area contributed by atoms with Gasteiger partial charge in [-0.15, -0.1) is 0 Å². The second-order valence-electron chi connectivity index (χ2n) is 5.65. The van der Waals surface area contributed by atoms with Gasteiger partial charge in [-0.2, -0.15) is 0 Å². The van der Waals surface area contributed by atoms with E-state index in [1.165, 1.54) is 11.1 Å². The molecule has 0 aliphatic rings. The fourth-order valence-corrected chi connectivity index (χ4v) is 2.09. The number of nitrogens with one attached hydrogen (secondary N) is 1. The Bertz CT molecular complexity index is 416. The number of nitrogens with two attached hydrogens (primary N) is 1. The summed E-state index contributed by atoms with van der Waals surface area (Å²) in [7, 11) is 4.09. The molecule has 1 aromatic rings. The maximum absolute atomic E-state index is 11.8. The summed E-state index contributed by atoms with van der Waals surface area (Å²) >= 11 is 0. The second-order valence-corrected chi connectivity index (χ2v) is 5.65. The van der Waals surface area contributed by atoms with E-state index in [-0.39, 0.29) is 11.9 Å². The Morgan fingerprint density at radius 2 is 1.95 bits per heavy atom. The molecule has 0 saturated carbocycles. The number of benzene rings is 1. The van der Waals surface area contributed by atoms with Crippen LogP contribution in [0.3, 0.4) is 0 Å². The van der Waals surface area contributed by atoms with Crippen LogP contribution in [0.15, 0.2) is 24.3 Å². The average molecular weight is 277 g/mol. The lowest BCUT2D eigenvalue weighted by atomic mass is 10.1. The van der Waals surface area contributed by atoms with Crippen molar-refractivity contribution in [3.05, 3.63) is 35.4 Å². The average Bonchev–Trinajstić information content (AvgIpc) is 2.36. The zero-order chi connectivity index (χ0) is 15.0. The van der Waals surface area contributed by atoms with Crippen LogP contribution in [0.5, 0.6) is 0 Å². The lowest BCUT2D eigenvalue weighted by Crippen LogP contribution is -2.24. The first-order chi connectivity index (χ1) is 9.49. The highest BCUT2D eigenvalue weighted by atomic mass is 16.1. The van der Waals surface area contributed by atoms with Gasteiger partial charge in [-0.3, -0.25) is 4.79 Å². The van der Waals surface area contributed by atoms with Crippen molar-refractivity contribution in [2.24, 2.45) is 5.73 Å². The van der Waals surface area contributed by atoms with Crippen molar-refractivity contribution in [1.29, 1.82) is 0 Å². The Morgan fingerprint density at radius 3 is 2.55 bits per heavy atom. The Kier molecular flexibility index (Phi) is 7.26. The third kappa shape index (κ3) is 6.68. The molecular weight excluding hydrogens is 250 g/mol. The van der Waals surface area contributed by atoms with Gasteiger partial charge in [0.05, 0.1) is 0 Å². The van der Waals surface area contributed by atoms with E-state index < -0.39 is 0 Å². The Balaban J connectivity index is 2.42. The first kappa shape index (κ1) is 16.7. The highest BCUT2D eigenvalue weighted by molar-refractivity contribution is 5.75. The fourth-order valence-electron chi connectivity index (χ4n) is 2.09. The maximum Gasteiger partial charge on any atom is 0.220 e. The predicted molar refractivity (Wildman–Crippen MR) is 83.2 cm³/mol. The number of carbonyl (C=O) groups is 1. The quantitative estimate of drug-likeness (QED) is 0.763. The number of amides is 1. The number of nitrogens with zero attached hydrogens (tertiary/aromatic N) is 1. The normalized spacial score (nSPS) is 12.4. The van der Waals surface area contributed by atoms with E-state index in [0.29, 0.717) is 13.0 Å². The summed E-state index contributed by atoms with van der Waals surface area (Å²) in [5.74, 6) is 0.102. The van der Waals surface area contributed by atoms with Gasteiger partial charge in [0.15, 0.2) is 0 Å². The Morgan fingerprint density at radius 1 is 1.30 bits per heavy atom. The summed E-state index contributed by atoms with van der Waals surface area (Å²) in [5, 5.41) is 2.99. The van der Waals surface area contributed by atoms with E-state index in [4.69, 9.17) is 5.73 Å². The van der Waals surface area contributed by atoms with E-state index >= 15 is 0 Å². The van der Waals surface area contributed by atoms with E-state index in [2.05, 4.69) is 22.3 Å². The van der Waals surface area contributed by atoms with Crippen LogP contribution in [0.1, 0.15) is 37.3 Å². The number of hydrogen-bond donors (Lipinski definition) is 2. The third-order valence-corrected chi connectivity index (χ3v) is 3.14. The first-order valence-electron chi connectivity index (χ1n) is 7.23. The first-order valence-corrected chi connectivity index (χ1v) is 7.23. The predicted octanol–water partition coefficient (Wildman–Crippen LogP) is 1.88. The zero-order valence-electron chi connectivity index (χ0n) is 12.9. The summed E-state index contributed by atoms with van der Waals surface area (Å²) in [5.41, 5.74) is 8.11. The molecule has 4 nitrogen and oxygen atoms in total. The van der Waals surface area contributed by atoms with Crippen molar-refractivity contribution in [3.8, 4) is 0 Å². The molecule has 1 rings (SSSR count). The molecule has 3 N–H and O–H groups in total. The molecule has 0 aliphatic heterocycles. The highest BCUT2D eigenvalue weighted by Crippen LogP contribution is 2.10. The standard InChI is InChI=1S/C16H27N3O/c1-13(17)7-6-10-16(20)18-11-14-8-4-5-9-15(14)12-19(2)3/h4-5,8-9,13H,6-7,10-12,17H2,1-3H3,(H,18,20). The van der Waals surface area contributed by atoms with Crippen molar-refractivity contribution in [2.45, 2.75) is 45.3 Å². The minimum Gasteiger partial charge on any atom is -0.352 e. The molecule has 0 fully saturated rings. The van der Waals surface area contributed by atoms with Crippen LogP contribution < -0.4 is 11.1 Å². The van der Waals surface area contributed by atoms with Crippen LogP contribution >= 0.6 is 0 Å². The summed E-state index contributed by atoms with van der Waals surface area (Å²) in [6.45, 7) is 3.45. The molecule has 112 valence electrons. The van der Waals surface area contributed by atoms with Gasteiger partial charge in [-0.25, -0.2) is 0 Å². The molecule has 1 aromatic carbocycles. The van der Waals surface area contributed by atoms with Crippen molar-refractivity contribution >= 4 is 5.91 Å². The molecule has 1 amide bonds. The van der Waals surface area contributed by atoms with Gasteiger partial charge >= 0.3 is 0 Å². The lowest BCUT2D eigenvalue weighted by Gasteiger charge is -2.14. The van der Waals surface area contributed by atoms with Gasteiger partial charge in [0.25, 0.3) is 0 Å². The molecular formula is C16H27N3O. The Labute approximate surface area is 122 Å². The molecule has 0 radical (unpaired) electrons. The van der Waals surface area contributed by atoms with Gasteiger partial charge in [-0.05, 0) is 45.0 Å². The van der Waals surface area contributed by atoms with E-state index in [9.17, 15) is 4.79 Å². The van der Waals surface area contributed by atoms with Crippen LogP contribution in [0.2, 0.25) is 0 Å². The Hall–Kier alpha value is -1.39. The minimum atomic E-state index is 0.102. The fraction of sp³-hybridized carbons (Fsp3) is 0.562. The van der Waals surface area contributed by atoms with Crippen LogP contribution in [0, 0.1) is 0 Å². The van der Waals surface area contributed by atoms with Crippen molar-refractivity contribution in [1.82, 2.24) is 10.2 Å². The van der Waals surface area contributed by atoms with Gasteiger partial charge in [-0.1, -0.05) is 24.3 Å². The smallest absolute Gasteiger partial charge is 0.220 e. The molecule has 0 aromatic heterocycles. The monoisotopic (exact) mass is 277 g/mol. The highest BCUT2D eigenvalue weighted by Gasteiger charge is 2.06. The molecule has 1 atom stereocenters. The van der Waals surface area contributed by atoms with Crippen molar-refractivity contribution in [2.75, 3.05) is 14.1 Å². The second kappa shape index (κ2) is 8.72. The largest absolute Gasteiger partial charge is 0.352 e. The van der Waals surface area contributed by atoms with Crippen LogP contribution in [-0.2, 0) is 17.9 Å². The molecule has 0 bridgehead atoms. The maximum atomic E-state index is 11.8. The van der Waals surface area contributed by atoms with Gasteiger partial charge < -0.3 is 16.0 Å². The van der Waals surface area contributed by atoms with Crippen LogP contribution in [-0.4, -0.2) is 30.9 Å². The minimum absolute atomic E-state index is 0.102. The summed E-state index contributed by atoms with van der Waals surface area (Å²) in [6, 6.07) is 8.39. The summed E-state index contributed by atoms with van der Waals surface area (Å²) in [6.07, 6.45) is 2.30. The van der Waals surface area contributed by atoms with Gasteiger partial charge in [0, 0.05) is 25.6 Å². The van der Waals surface area contributed by atoms with Gasteiger partial charge in [0.2, 0.25) is 5.91 Å². The molecule has 0 saturated heterocycles. The van der Waals surface area contributed by atoms with Crippen LogP contribution in [0.4, 0.5) is 0 Å². The molecule has 1 unspecified atom stereocenters. The third-order valence-electron chi connectivity index (χ3n) is 3.14. The lowest BCUT2D eigenvalue weighted by molar-refractivity contribution is -0.121. The summed E-state index contributed by atoms with van der Waals surface area (Å²) < 4.78 is 0. The topological polar surface area (TPSA) is 58.4 Å². The zero-order valence-corrected chi connectivity index (χ0v) is 12.9. The van der Waals surface area contributed by atoms with Crippen molar-refractivity contribution in [3.63, 3.8) is 0 Å². The summed E-state index contributed by atoms with van der Waals surface area (Å²) in [4.78, 5) is 13.9.